The molecule has 1 N–H and O–H groups in total. The van der Waals surface area contributed by atoms with E-state index in [-0.39, 0.29) is 12.0 Å². The van der Waals surface area contributed by atoms with Gasteiger partial charge in [-0.1, -0.05) is 0 Å². The molecule has 0 bridgehead atoms. The molecular formula is C7H13NO3. The van der Waals surface area contributed by atoms with E-state index in [1.165, 1.54) is 7.11 Å². The summed E-state index contributed by atoms with van der Waals surface area (Å²) < 4.78 is 9.74. The van der Waals surface area contributed by atoms with Crippen LogP contribution in [0.1, 0.15) is 6.42 Å². The number of rotatable bonds is 1. The highest BCUT2D eigenvalue weighted by molar-refractivity contribution is 5.75. The first-order valence-corrected chi connectivity index (χ1v) is 3.73. The number of methoxy groups -OCH3 is 1. The molecule has 1 fully saturated rings. The van der Waals surface area contributed by atoms with Crippen LogP contribution in [0, 0.1) is 0 Å². The first-order valence-electron chi connectivity index (χ1n) is 3.73. The SMILES string of the molecule is COC(=O)C1CCOCCN1. The van der Waals surface area contributed by atoms with Gasteiger partial charge < -0.3 is 14.8 Å². The number of carbonyl (C=O) groups is 1. The maximum Gasteiger partial charge on any atom is 0.322 e. The van der Waals surface area contributed by atoms with Gasteiger partial charge in [0, 0.05) is 13.2 Å². The zero-order chi connectivity index (χ0) is 8.10. The normalized spacial score (nSPS) is 25.7. The van der Waals surface area contributed by atoms with Crippen LogP contribution in [0.15, 0.2) is 0 Å². The third-order valence-corrected chi connectivity index (χ3v) is 1.67. The molecule has 1 saturated heterocycles. The zero-order valence-electron chi connectivity index (χ0n) is 6.63. The average Bonchev–Trinajstić information content (AvgIpc) is 2.30. The van der Waals surface area contributed by atoms with Crippen LogP contribution in [0.2, 0.25) is 0 Å². The topological polar surface area (TPSA) is 47.6 Å². The van der Waals surface area contributed by atoms with Crippen LogP contribution in [0.3, 0.4) is 0 Å². The number of esters is 1. The fourth-order valence-electron chi connectivity index (χ4n) is 1.05. The van der Waals surface area contributed by atoms with Crippen molar-refractivity contribution in [2.45, 2.75) is 12.5 Å². The maximum absolute atomic E-state index is 11.0. The maximum atomic E-state index is 11.0. The smallest absolute Gasteiger partial charge is 0.322 e. The summed E-state index contributed by atoms with van der Waals surface area (Å²) >= 11 is 0. The third kappa shape index (κ3) is 2.48. The van der Waals surface area contributed by atoms with Crippen molar-refractivity contribution in [1.82, 2.24) is 5.32 Å². The molecule has 0 aromatic carbocycles. The molecule has 1 aliphatic heterocycles. The van der Waals surface area contributed by atoms with E-state index < -0.39 is 0 Å². The lowest BCUT2D eigenvalue weighted by Crippen LogP contribution is -2.37. The van der Waals surface area contributed by atoms with E-state index in [1.54, 1.807) is 0 Å². The monoisotopic (exact) mass is 159 g/mol. The van der Waals surface area contributed by atoms with Crippen LogP contribution in [-0.2, 0) is 14.3 Å². The summed E-state index contributed by atoms with van der Waals surface area (Å²) in [5, 5.41) is 3.03. The standard InChI is InChI=1S/C7H13NO3/c1-10-7(9)6-2-4-11-5-3-8-6/h6,8H,2-5H2,1H3. The molecule has 4 nitrogen and oxygen atoms in total. The van der Waals surface area contributed by atoms with Gasteiger partial charge in [-0.15, -0.1) is 0 Å². The molecule has 0 spiro atoms. The van der Waals surface area contributed by atoms with Gasteiger partial charge >= 0.3 is 5.97 Å². The van der Waals surface area contributed by atoms with Crippen molar-refractivity contribution < 1.29 is 14.3 Å². The van der Waals surface area contributed by atoms with Gasteiger partial charge in [0.25, 0.3) is 0 Å². The second-order valence-corrected chi connectivity index (χ2v) is 2.43. The Morgan fingerprint density at radius 3 is 3.18 bits per heavy atom. The predicted octanol–water partition coefficient (Wildman–Crippen LogP) is -0.462. The van der Waals surface area contributed by atoms with Crippen molar-refractivity contribution in [2.24, 2.45) is 0 Å². The summed E-state index contributed by atoms with van der Waals surface area (Å²) in [5.74, 6) is -0.199. The molecule has 1 unspecified atom stereocenters. The summed E-state index contributed by atoms with van der Waals surface area (Å²) in [4.78, 5) is 11.0. The van der Waals surface area contributed by atoms with Crippen LogP contribution in [0.25, 0.3) is 0 Å². The second kappa shape index (κ2) is 4.31. The van der Waals surface area contributed by atoms with Crippen molar-refractivity contribution in [3.05, 3.63) is 0 Å². The van der Waals surface area contributed by atoms with Crippen molar-refractivity contribution in [3.63, 3.8) is 0 Å². The predicted molar refractivity (Wildman–Crippen MR) is 39.2 cm³/mol. The quantitative estimate of drug-likeness (QED) is 0.526. The second-order valence-electron chi connectivity index (χ2n) is 2.43. The van der Waals surface area contributed by atoms with Gasteiger partial charge in [-0.25, -0.2) is 0 Å². The van der Waals surface area contributed by atoms with Gasteiger partial charge in [0.15, 0.2) is 0 Å². The number of nitrogens with one attached hydrogen (secondary N) is 1. The molecule has 0 amide bonds. The van der Waals surface area contributed by atoms with Gasteiger partial charge in [0.2, 0.25) is 0 Å². The Morgan fingerprint density at radius 1 is 1.64 bits per heavy atom. The molecular weight excluding hydrogens is 146 g/mol. The molecule has 0 aromatic rings. The Morgan fingerprint density at radius 2 is 2.45 bits per heavy atom. The molecule has 1 heterocycles. The lowest BCUT2D eigenvalue weighted by atomic mass is 10.2. The van der Waals surface area contributed by atoms with E-state index in [0.29, 0.717) is 19.6 Å². The number of carbonyl (C=O) groups excluding carboxylic acids is 1. The van der Waals surface area contributed by atoms with Crippen LogP contribution in [0.5, 0.6) is 0 Å². The Balaban J connectivity index is 2.36. The molecule has 0 radical (unpaired) electrons. The Kier molecular flexibility index (Phi) is 3.32. The molecule has 1 atom stereocenters. The fraction of sp³-hybridized carbons (Fsp3) is 0.857. The van der Waals surface area contributed by atoms with Gasteiger partial charge in [-0.3, -0.25) is 4.79 Å². The largest absolute Gasteiger partial charge is 0.468 e. The van der Waals surface area contributed by atoms with Crippen LogP contribution >= 0.6 is 0 Å². The van der Waals surface area contributed by atoms with Gasteiger partial charge in [-0.2, -0.15) is 0 Å². The van der Waals surface area contributed by atoms with Crippen molar-refractivity contribution in [2.75, 3.05) is 26.9 Å². The Bertz CT molecular complexity index is 130. The first-order chi connectivity index (χ1) is 5.34. The summed E-state index contributed by atoms with van der Waals surface area (Å²) in [6.07, 6.45) is 0.701. The lowest BCUT2D eigenvalue weighted by Gasteiger charge is -2.10. The van der Waals surface area contributed by atoms with Gasteiger partial charge in [0.05, 0.1) is 13.7 Å². The van der Waals surface area contributed by atoms with Crippen LogP contribution in [-0.4, -0.2) is 38.9 Å². The van der Waals surface area contributed by atoms with Gasteiger partial charge in [0.1, 0.15) is 6.04 Å². The van der Waals surface area contributed by atoms with E-state index in [2.05, 4.69) is 10.1 Å². The summed E-state index contributed by atoms with van der Waals surface area (Å²) in [6, 6.07) is -0.178. The summed E-state index contributed by atoms with van der Waals surface area (Å²) in [7, 11) is 1.40. The van der Waals surface area contributed by atoms with E-state index in [9.17, 15) is 4.79 Å². The Labute approximate surface area is 65.9 Å². The zero-order valence-corrected chi connectivity index (χ0v) is 6.63. The third-order valence-electron chi connectivity index (χ3n) is 1.67. The number of ether oxygens (including phenoxy) is 2. The number of hydrogen-bond acceptors (Lipinski definition) is 4. The molecule has 1 aliphatic rings. The average molecular weight is 159 g/mol. The lowest BCUT2D eigenvalue weighted by molar-refractivity contribution is -0.143. The number of hydrogen-bond donors (Lipinski definition) is 1. The highest BCUT2D eigenvalue weighted by Gasteiger charge is 2.19. The summed E-state index contributed by atoms with van der Waals surface area (Å²) in [5.41, 5.74) is 0. The van der Waals surface area contributed by atoms with Crippen molar-refractivity contribution in [1.29, 1.82) is 0 Å². The van der Waals surface area contributed by atoms with E-state index in [0.717, 1.165) is 6.54 Å². The van der Waals surface area contributed by atoms with Crippen molar-refractivity contribution in [3.8, 4) is 0 Å². The molecule has 0 aromatic heterocycles. The van der Waals surface area contributed by atoms with E-state index >= 15 is 0 Å². The minimum atomic E-state index is -0.199. The molecule has 0 aliphatic carbocycles. The van der Waals surface area contributed by atoms with Crippen LogP contribution < -0.4 is 5.32 Å². The highest BCUT2D eigenvalue weighted by Crippen LogP contribution is 1.98. The Hall–Kier alpha value is -0.610. The molecule has 0 saturated carbocycles. The molecule has 11 heavy (non-hydrogen) atoms. The van der Waals surface area contributed by atoms with Crippen molar-refractivity contribution >= 4 is 5.97 Å². The fourth-order valence-corrected chi connectivity index (χ4v) is 1.05. The molecule has 1 rings (SSSR count). The minimum Gasteiger partial charge on any atom is -0.468 e. The van der Waals surface area contributed by atoms with E-state index in [4.69, 9.17) is 4.74 Å². The molecule has 64 valence electrons. The van der Waals surface area contributed by atoms with E-state index in [1.807, 2.05) is 0 Å². The first kappa shape index (κ1) is 8.49. The minimum absolute atomic E-state index is 0.178. The van der Waals surface area contributed by atoms with Gasteiger partial charge in [-0.05, 0) is 6.42 Å². The van der Waals surface area contributed by atoms with Crippen LogP contribution in [0.4, 0.5) is 0 Å². The molecule has 4 heteroatoms. The highest BCUT2D eigenvalue weighted by atomic mass is 16.5. The summed E-state index contributed by atoms with van der Waals surface area (Å²) in [6.45, 7) is 2.03.